The number of anilines is 1. The van der Waals surface area contributed by atoms with E-state index in [1.54, 1.807) is 23.7 Å². The first-order valence-corrected chi connectivity index (χ1v) is 5.62. The van der Waals surface area contributed by atoms with Gasteiger partial charge < -0.3 is 5.32 Å². The number of thiazole rings is 1. The Morgan fingerprint density at radius 1 is 1.27 bits per heavy atom. The van der Waals surface area contributed by atoms with Gasteiger partial charge in [0.1, 0.15) is 6.33 Å². The molecule has 0 aliphatic carbocycles. The van der Waals surface area contributed by atoms with Crippen LogP contribution in [-0.4, -0.2) is 15.0 Å². The minimum atomic E-state index is 0.783. The van der Waals surface area contributed by atoms with Crippen LogP contribution in [0.15, 0.2) is 24.9 Å². The fourth-order valence-corrected chi connectivity index (χ4v) is 1.97. The van der Waals surface area contributed by atoms with Crippen LogP contribution >= 0.6 is 11.3 Å². The fraction of sp³-hybridized carbons (Fsp3) is 0.300. The maximum atomic E-state index is 4.29. The number of rotatable bonds is 4. The average molecular weight is 220 g/mol. The van der Waals surface area contributed by atoms with Gasteiger partial charge in [0.05, 0.1) is 29.6 Å². The van der Waals surface area contributed by atoms with Crippen LogP contribution in [0.2, 0.25) is 0 Å². The van der Waals surface area contributed by atoms with Crippen molar-refractivity contribution in [3.8, 4) is 0 Å². The third-order valence-electron chi connectivity index (χ3n) is 1.93. The molecule has 0 atom stereocenters. The number of hydrogen-bond acceptors (Lipinski definition) is 5. The molecule has 0 bridgehead atoms. The molecule has 2 heterocycles. The molecule has 0 unspecified atom stereocenters. The lowest BCUT2D eigenvalue weighted by Crippen LogP contribution is -1.97. The van der Waals surface area contributed by atoms with E-state index in [1.165, 1.54) is 16.2 Å². The summed E-state index contributed by atoms with van der Waals surface area (Å²) in [5.41, 5.74) is 0.934. The van der Waals surface area contributed by atoms with Crippen LogP contribution in [0.1, 0.15) is 16.8 Å². The minimum Gasteiger partial charge on any atom is -0.378 e. The van der Waals surface area contributed by atoms with Crippen LogP contribution in [0.5, 0.6) is 0 Å². The molecule has 0 spiro atoms. The van der Waals surface area contributed by atoms with Crippen molar-refractivity contribution < 1.29 is 0 Å². The zero-order valence-electron chi connectivity index (χ0n) is 8.47. The lowest BCUT2D eigenvalue weighted by molar-refractivity contribution is 1.08. The van der Waals surface area contributed by atoms with Crippen LogP contribution in [0, 0.1) is 0 Å². The molecule has 5 heteroatoms. The summed E-state index contributed by atoms with van der Waals surface area (Å²) in [6.07, 6.45) is 7.95. The predicted molar refractivity (Wildman–Crippen MR) is 60.9 cm³/mol. The van der Waals surface area contributed by atoms with E-state index in [0.29, 0.717) is 0 Å². The van der Waals surface area contributed by atoms with Gasteiger partial charge >= 0.3 is 0 Å². The summed E-state index contributed by atoms with van der Waals surface area (Å²) in [6, 6.07) is 0. The van der Waals surface area contributed by atoms with Gasteiger partial charge in [0.15, 0.2) is 0 Å². The third-order valence-corrected chi connectivity index (χ3v) is 3.07. The maximum absolute atomic E-state index is 4.29. The Hall–Kier alpha value is -1.49. The first kappa shape index (κ1) is 10.0. The number of hydrogen-bond donors (Lipinski definition) is 1. The van der Waals surface area contributed by atoms with Gasteiger partial charge in [-0.05, 0) is 6.42 Å². The van der Waals surface area contributed by atoms with Crippen molar-refractivity contribution in [1.29, 1.82) is 0 Å². The second kappa shape index (κ2) is 4.84. The largest absolute Gasteiger partial charge is 0.378 e. The normalized spacial score (nSPS) is 10.2. The van der Waals surface area contributed by atoms with Gasteiger partial charge in [-0.2, -0.15) is 0 Å². The molecule has 15 heavy (non-hydrogen) atoms. The maximum Gasteiger partial charge on any atom is 0.115 e. The molecule has 4 nitrogen and oxygen atoms in total. The summed E-state index contributed by atoms with van der Waals surface area (Å²) in [4.78, 5) is 13.4. The van der Waals surface area contributed by atoms with Crippen molar-refractivity contribution in [2.45, 2.75) is 19.9 Å². The molecule has 2 rings (SSSR count). The monoisotopic (exact) mass is 220 g/mol. The Bertz CT molecular complexity index is 412. The summed E-state index contributed by atoms with van der Waals surface area (Å²) in [5.74, 6) is 0. The summed E-state index contributed by atoms with van der Waals surface area (Å²) in [7, 11) is 0. The smallest absolute Gasteiger partial charge is 0.115 e. The summed E-state index contributed by atoms with van der Waals surface area (Å²) < 4.78 is 0. The quantitative estimate of drug-likeness (QED) is 0.857. The van der Waals surface area contributed by atoms with Crippen LogP contribution in [-0.2, 0) is 13.0 Å². The second-order valence-corrected chi connectivity index (χ2v) is 4.25. The van der Waals surface area contributed by atoms with E-state index in [4.69, 9.17) is 0 Å². The molecule has 0 radical (unpaired) electrons. The number of aromatic nitrogens is 3. The van der Waals surface area contributed by atoms with Gasteiger partial charge in [-0.15, -0.1) is 11.3 Å². The molecule has 0 fully saturated rings. The summed E-state index contributed by atoms with van der Waals surface area (Å²) in [5, 5.41) is 4.42. The van der Waals surface area contributed by atoms with Crippen LogP contribution < -0.4 is 5.32 Å². The Morgan fingerprint density at radius 2 is 2.07 bits per heavy atom. The van der Waals surface area contributed by atoms with Crippen LogP contribution in [0.25, 0.3) is 0 Å². The molecular formula is C10H12N4S. The van der Waals surface area contributed by atoms with Crippen LogP contribution in [0.4, 0.5) is 5.69 Å². The highest BCUT2D eigenvalue weighted by Crippen LogP contribution is 2.14. The standard InChI is InChI=1S/C10H12N4S/c1-2-10-14-6-9(15-10)5-13-8-3-11-7-12-4-8/h3-4,6-7,13H,2,5H2,1H3. The minimum absolute atomic E-state index is 0.783. The molecule has 0 amide bonds. The van der Waals surface area contributed by atoms with E-state index in [2.05, 4.69) is 27.2 Å². The Morgan fingerprint density at radius 3 is 2.73 bits per heavy atom. The van der Waals surface area contributed by atoms with E-state index in [-0.39, 0.29) is 0 Å². The first-order chi connectivity index (χ1) is 7.38. The van der Waals surface area contributed by atoms with Crippen molar-refractivity contribution in [3.63, 3.8) is 0 Å². The molecule has 2 aromatic heterocycles. The second-order valence-electron chi connectivity index (χ2n) is 3.05. The Balaban J connectivity index is 1.93. The lowest BCUT2D eigenvalue weighted by Gasteiger charge is -2.01. The highest BCUT2D eigenvalue weighted by molar-refractivity contribution is 7.11. The molecule has 2 aromatic rings. The third kappa shape index (κ3) is 2.73. The summed E-state index contributed by atoms with van der Waals surface area (Å²) >= 11 is 1.74. The molecular weight excluding hydrogens is 208 g/mol. The van der Waals surface area contributed by atoms with Gasteiger partial charge in [0, 0.05) is 11.1 Å². The van der Waals surface area contributed by atoms with E-state index < -0.39 is 0 Å². The predicted octanol–water partition coefficient (Wildman–Crippen LogP) is 2.11. The molecule has 78 valence electrons. The van der Waals surface area contributed by atoms with E-state index >= 15 is 0 Å². The highest BCUT2D eigenvalue weighted by atomic mass is 32.1. The molecule has 0 aliphatic heterocycles. The molecule has 0 saturated carbocycles. The van der Waals surface area contributed by atoms with Crippen molar-refractivity contribution in [1.82, 2.24) is 15.0 Å². The molecule has 0 saturated heterocycles. The summed E-state index contributed by atoms with van der Waals surface area (Å²) in [6.45, 7) is 2.89. The van der Waals surface area contributed by atoms with Gasteiger partial charge in [-0.25, -0.2) is 15.0 Å². The number of aryl methyl sites for hydroxylation is 1. The van der Waals surface area contributed by atoms with Gasteiger partial charge in [0.2, 0.25) is 0 Å². The SMILES string of the molecule is CCc1ncc(CNc2cncnc2)s1. The van der Waals surface area contributed by atoms with E-state index in [9.17, 15) is 0 Å². The van der Waals surface area contributed by atoms with Gasteiger partial charge in [0.25, 0.3) is 0 Å². The van der Waals surface area contributed by atoms with Crippen LogP contribution in [0.3, 0.4) is 0 Å². The molecule has 1 N–H and O–H groups in total. The number of nitrogens with zero attached hydrogens (tertiary/aromatic N) is 3. The van der Waals surface area contributed by atoms with Crippen molar-refractivity contribution in [2.75, 3.05) is 5.32 Å². The average Bonchev–Trinajstić information content (AvgIpc) is 2.76. The fourth-order valence-electron chi connectivity index (χ4n) is 1.17. The highest BCUT2D eigenvalue weighted by Gasteiger charge is 1.99. The molecule has 0 aliphatic rings. The Labute approximate surface area is 92.4 Å². The van der Waals surface area contributed by atoms with Gasteiger partial charge in [-0.1, -0.05) is 6.92 Å². The topological polar surface area (TPSA) is 50.7 Å². The zero-order chi connectivity index (χ0) is 10.5. The van der Waals surface area contributed by atoms with E-state index in [1.807, 2.05) is 6.20 Å². The number of nitrogens with one attached hydrogen (secondary N) is 1. The lowest BCUT2D eigenvalue weighted by atomic mass is 10.5. The zero-order valence-corrected chi connectivity index (χ0v) is 9.29. The van der Waals surface area contributed by atoms with Crippen molar-refractivity contribution in [3.05, 3.63) is 34.8 Å². The van der Waals surface area contributed by atoms with E-state index in [0.717, 1.165) is 18.7 Å². The van der Waals surface area contributed by atoms with Crippen molar-refractivity contribution in [2.24, 2.45) is 0 Å². The Kier molecular flexibility index (Phi) is 3.24. The first-order valence-electron chi connectivity index (χ1n) is 4.81. The van der Waals surface area contributed by atoms with Gasteiger partial charge in [-0.3, -0.25) is 0 Å². The van der Waals surface area contributed by atoms with Crippen molar-refractivity contribution >= 4 is 17.0 Å². The molecule has 0 aromatic carbocycles.